The highest BCUT2D eigenvalue weighted by Gasteiger charge is 2.45. The normalized spacial score (nSPS) is 13.0. The van der Waals surface area contributed by atoms with E-state index >= 15 is 0 Å². The summed E-state index contributed by atoms with van der Waals surface area (Å²) in [6.45, 7) is 7.05. The molecule has 4 aromatic carbocycles. The molecule has 0 radical (unpaired) electrons. The number of carbonyl (C=O) groups excluding carboxylic acids is 2. The fourth-order valence-corrected chi connectivity index (χ4v) is 5.05. The third kappa shape index (κ3) is 4.17. The lowest BCUT2D eigenvalue weighted by molar-refractivity contribution is -0.130. The van der Waals surface area contributed by atoms with Crippen molar-refractivity contribution in [3.05, 3.63) is 144 Å². The van der Waals surface area contributed by atoms with Gasteiger partial charge in [0.15, 0.2) is 0 Å². The van der Waals surface area contributed by atoms with Crippen molar-refractivity contribution < 1.29 is 19.1 Å². The molecule has 0 aliphatic heterocycles. The number of benzene rings is 4. The van der Waals surface area contributed by atoms with Crippen molar-refractivity contribution in [2.75, 3.05) is 0 Å². The Morgan fingerprint density at radius 2 is 1.16 bits per heavy atom. The maximum Gasteiger partial charge on any atom is 0.338 e. The van der Waals surface area contributed by atoms with Gasteiger partial charge in [0.2, 0.25) is 0 Å². The van der Waals surface area contributed by atoms with Crippen molar-refractivity contribution in [2.24, 2.45) is 0 Å². The molecule has 0 bridgehead atoms. The summed E-state index contributed by atoms with van der Waals surface area (Å²) < 4.78 is 10.9. The first-order valence-corrected chi connectivity index (χ1v) is 12.1. The predicted molar refractivity (Wildman–Crippen MR) is 145 cm³/mol. The monoisotopic (exact) mass is 486 g/mol. The van der Waals surface area contributed by atoms with Crippen molar-refractivity contribution in [1.29, 1.82) is 0 Å². The molecule has 4 aromatic rings. The number of hydrogen-bond donors (Lipinski definition) is 0. The summed E-state index contributed by atoms with van der Waals surface area (Å²) in [5, 5.41) is 0. The van der Waals surface area contributed by atoms with Crippen LogP contribution in [0.5, 0.6) is 11.5 Å². The van der Waals surface area contributed by atoms with Crippen molar-refractivity contribution in [2.45, 2.75) is 19.3 Å². The molecule has 1 aliphatic rings. The lowest BCUT2D eigenvalue weighted by Crippen LogP contribution is -2.28. The van der Waals surface area contributed by atoms with Gasteiger partial charge in [-0.3, -0.25) is 0 Å². The minimum atomic E-state index is -0.615. The molecule has 0 saturated carbocycles. The van der Waals surface area contributed by atoms with Crippen LogP contribution in [-0.4, -0.2) is 11.9 Å². The largest absolute Gasteiger partial charge is 0.423 e. The van der Waals surface area contributed by atoms with Crippen molar-refractivity contribution in [3.8, 4) is 22.6 Å². The Morgan fingerprint density at radius 1 is 0.703 bits per heavy atom. The van der Waals surface area contributed by atoms with Gasteiger partial charge in [-0.05, 0) is 71.5 Å². The van der Waals surface area contributed by atoms with Gasteiger partial charge < -0.3 is 9.47 Å². The molecule has 1 aliphatic carbocycles. The summed E-state index contributed by atoms with van der Waals surface area (Å²) in [6, 6.07) is 32.1. The molecule has 4 heteroatoms. The summed E-state index contributed by atoms with van der Waals surface area (Å²) in [5.41, 5.74) is 6.42. The quantitative estimate of drug-likeness (QED) is 0.147. The number of rotatable bonds is 6. The topological polar surface area (TPSA) is 52.6 Å². The molecule has 0 spiro atoms. The Kier molecular flexibility index (Phi) is 6.33. The maximum atomic E-state index is 12.1. The Morgan fingerprint density at radius 3 is 1.62 bits per heavy atom. The minimum Gasteiger partial charge on any atom is -0.423 e. The summed E-state index contributed by atoms with van der Waals surface area (Å²) >= 11 is 0. The van der Waals surface area contributed by atoms with E-state index in [4.69, 9.17) is 9.47 Å². The van der Waals surface area contributed by atoms with Gasteiger partial charge in [-0.1, -0.05) is 85.5 Å². The molecular formula is C33H26O4. The smallest absolute Gasteiger partial charge is 0.338 e. The van der Waals surface area contributed by atoms with Crippen molar-refractivity contribution in [3.63, 3.8) is 0 Å². The molecule has 182 valence electrons. The van der Waals surface area contributed by atoms with E-state index in [1.807, 2.05) is 48.5 Å². The molecule has 0 aromatic heterocycles. The molecular weight excluding hydrogens is 460 g/mol. The summed E-state index contributed by atoms with van der Waals surface area (Å²) in [4.78, 5) is 24.0. The number of ether oxygens (including phenoxy) is 2. The van der Waals surface area contributed by atoms with Gasteiger partial charge in [-0.2, -0.15) is 0 Å². The SMILES string of the molecule is C=C(C)C(=O)Oc1ccc(C2(c3ccc(OC(=O)/C=C/C)cc3)c3ccccc3-c3ccccc32)cc1. The second-order valence-electron chi connectivity index (χ2n) is 8.98. The van der Waals surface area contributed by atoms with Gasteiger partial charge in [-0.15, -0.1) is 0 Å². The summed E-state index contributed by atoms with van der Waals surface area (Å²) in [5.74, 6) is 0.0600. The van der Waals surface area contributed by atoms with Gasteiger partial charge in [0.05, 0.1) is 5.41 Å². The van der Waals surface area contributed by atoms with Crippen LogP contribution < -0.4 is 9.47 Å². The highest BCUT2D eigenvalue weighted by Crippen LogP contribution is 2.56. The maximum absolute atomic E-state index is 12.1. The van der Waals surface area contributed by atoms with E-state index in [0.717, 1.165) is 22.3 Å². The van der Waals surface area contributed by atoms with Crippen LogP contribution in [-0.2, 0) is 15.0 Å². The highest BCUT2D eigenvalue weighted by atomic mass is 16.5. The zero-order valence-electron chi connectivity index (χ0n) is 20.7. The Labute approximate surface area is 216 Å². The zero-order chi connectivity index (χ0) is 26.0. The molecule has 0 fully saturated rings. The fourth-order valence-electron chi connectivity index (χ4n) is 5.05. The van der Waals surface area contributed by atoms with Crippen molar-refractivity contribution >= 4 is 11.9 Å². The van der Waals surface area contributed by atoms with E-state index in [2.05, 4.69) is 55.1 Å². The standard InChI is InChI=1S/C33H26O4/c1-4-9-31(34)36-25-18-14-23(15-19-25)33(24-16-20-26(21-17-24)37-32(35)22(2)3)29-12-7-5-10-27(29)28-11-6-8-13-30(28)33/h4-21H,2H2,1,3H3/b9-4+. The Hall–Kier alpha value is -4.70. The fraction of sp³-hybridized carbons (Fsp3) is 0.0909. The third-order valence-electron chi connectivity index (χ3n) is 6.61. The van der Waals surface area contributed by atoms with E-state index in [0.29, 0.717) is 17.1 Å². The van der Waals surface area contributed by atoms with Crippen LogP contribution in [0.1, 0.15) is 36.1 Å². The van der Waals surface area contributed by atoms with Gasteiger partial charge >= 0.3 is 11.9 Å². The zero-order valence-corrected chi connectivity index (χ0v) is 20.7. The molecule has 5 rings (SSSR count). The molecule has 0 saturated heterocycles. The van der Waals surface area contributed by atoms with Crippen molar-refractivity contribution in [1.82, 2.24) is 0 Å². The third-order valence-corrected chi connectivity index (χ3v) is 6.61. The molecule has 0 amide bonds. The number of esters is 2. The van der Waals surface area contributed by atoms with E-state index < -0.39 is 17.4 Å². The van der Waals surface area contributed by atoms with Crippen LogP contribution in [0.4, 0.5) is 0 Å². The molecule has 0 unspecified atom stereocenters. The average Bonchev–Trinajstić information content (AvgIpc) is 3.21. The average molecular weight is 487 g/mol. The molecule has 0 atom stereocenters. The lowest BCUT2D eigenvalue weighted by atomic mass is 9.68. The van der Waals surface area contributed by atoms with Gasteiger partial charge in [0.1, 0.15) is 11.5 Å². The van der Waals surface area contributed by atoms with E-state index in [-0.39, 0.29) is 0 Å². The van der Waals surface area contributed by atoms with Gasteiger partial charge in [0, 0.05) is 11.6 Å². The first kappa shape index (κ1) is 24.0. The lowest BCUT2D eigenvalue weighted by Gasteiger charge is -2.34. The predicted octanol–water partition coefficient (Wildman–Crippen LogP) is 7.01. The summed E-state index contributed by atoms with van der Waals surface area (Å²) in [6.07, 6.45) is 3.04. The molecule has 0 heterocycles. The van der Waals surface area contributed by atoms with E-state index in [9.17, 15) is 9.59 Å². The van der Waals surface area contributed by atoms with Crippen LogP contribution >= 0.6 is 0 Å². The second kappa shape index (κ2) is 9.75. The summed E-state index contributed by atoms with van der Waals surface area (Å²) in [7, 11) is 0. The minimum absolute atomic E-state index is 0.342. The van der Waals surface area contributed by atoms with E-state index in [1.165, 1.54) is 17.2 Å². The van der Waals surface area contributed by atoms with Crippen LogP contribution in [0.2, 0.25) is 0 Å². The van der Waals surface area contributed by atoms with Gasteiger partial charge in [-0.25, -0.2) is 9.59 Å². The number of fused-ring (bicyclic) bond motifs is 3. The van der Waals surface area contributed by atoms with Gasteiger partial charge in [0.25, 0.3) is 0 Å². The van der Waals surface area contributed by atoms with Crippen LogP contribution in [0.3, 0.4) is 0 Å². The van der Waals surface area contributed by atoms with Crippen LogP contribution in [0.15, 0.2) is 121 Å². The number of carbonyl (C=O) groups is 2. The molecule has 4 nitrogen and oxygen atoms in total. The highest BCUT2D eigenvalue weighted by molar-refractivity contribution is 5.89. The second-order valence-corrected chi connectivity index (χ2v) is 8.98. The molecule has 0 N–H and O–H groups in total. The first-order chi connectivity index (χ1) is 17.9. The Bertz CT molecular complexity index is 1480. The number of allylic oxidation sites excluding steroid dienone is 1. The van der Waals surface area contributed by atoms with E-state index in [1.54, 1.807) is 19.9 Å². The first-order valence-electron chi connectivity index (χ1n) is 12.1. The van der Waals surface area contributed by atoms with Crippen LogP contribution in [0, 0.1) is 0 Å². The number of hydrogen-bond acceptors (Lipinski definition) is 4. The molecule has 37 heavy (non-hydrogen) atoms. The Balaban J connectivity index is 1.68. The van der Waals surface area contributed by atoms with Crippen LogP contribution in [0.25, 0.3) is 11.1 Å².